The number of rotatable bonds is 7. The van der Waals surface area contributed by atoms with E-state index in [1.54, 1.807) is 30.0 Å². The number of ether oxygens (including phenoxy) is 2. The lowest BCUT2D eigenvalue weighted by Crippen LogP contribution is -2.31. The molecule has 1 aliphatic rings. The summed E-state index contributed by atoms with van der Waals surface area (Å²) in [5.41, 5.74) is 4.29. The predicted molar refractivity (Wildman–Crippen MR) is 156 cm³/mol. The van der Waals surface area contributed by atoms with Gasteiger partial charge in [-0.15, -0.1) is 0 Å². The number of methoxy groups -OCH3 is 1. The molecule has 0 fully saturated rings. The van der Waals surface area contributed by atoms with Crippen molar-refractivity contribution in [1.29, 1.82) is 0 Å². The Hall–Kier alpha value is -3.53. The molecule has 4 aromatic rings. The van der Waals surface area contributed by atoms with Gasteiger partial charge in [0.05, 0.1) is 17.2 Å². The zero-order valence-corrected chi connectivity index (χ0v) is 24.4. The maximum atomic E-state index is 13.7. The lowest BCUT2D eigenvalue weighted by molar-refractivity contribution is -0.113. The molecule has 1 aliphatic heterocycles. The lowest BCUT2D eigenvalue weighted by atomic mass is 9.94. The third-order valence-electron chi connectivity index (χ3n) is 6.30. The number of aryl methyl sites for hydroxylation is 1. The molecule has 2 N–H and O–H groups in total. The Morgan fingerprint density at radius 3 is 2.59 bits per heavy atom. The number of benzene rings is 3. The van der Waals surface area contributed by atoms with Crippen LogP contribution in [0.3, 0.4) is 0 Å². The number of allylic oxidation sites excluding steroid dienone is 1. The average molecular weight is 629 g/mol. The molecule has 3 aromatic carbocycles. The first-order valence-corrected chi connectivity index (χ1v) is 13.5. The van der Waals surface area contributed by atoms with Crippen LogP contribution in [0.4, 0.5) is 11.6 Å². The highest BCUT2D eigenvalue weighted by molar-refractivity contribution is 9.10. The van der Waals surface area contributed by atoms with Gasteiger partial charge in [0.2, 0.25) is 5.95 Å². The second-order valence-corrected chi connectivity index (χ2v) is 10.6. The molecule has 1 amide bonds. The Labute approximate surface area is 244 Å². The number of hydrogen-bond donors (Lipinski definition) is 2. The summed E-state index contributed by atoms with van der Waals surface area (Å²) in [7, 11) is 1.55. The predicted octanol–water partition coefficient (Wildman–Crippen LogP) is 7.17. The van der Waals surface area contributed by atoms with Gasteiger partial charge >= 0.3 is 0 Å². The number of aromatic nitrogens is 3. The van der Waals surface area contributed by atoms with Crippen molar-refractivity contribution in [1.82, 2.24) is 14.8 Å². The van der Waals surface area contributed by atoms with Crippen molar-refractivity contribution < 1.29 is 14.3 Å². The SMILES string of the molecule is COc1cc(C2C(C(=O)Nc3cccc(C)c3)=C(C)Nc3ncnn32)cc(Br)c1OCc1c(Cl)cccc1Cl. The molecule has 0 spiro atoms. The third-order valence-corrected chi connectivity index (χ3v) is 7.60. The number of amides is 1. The molecule has 0 aliphatic carbocycles. The number of halogens is 3. The molecule has 1 atom stereocenters. The molecule has 0 bridgehead atoms. The Kier molecular flexibility index (Phi) is 7.83. The summed E-state index contributed by atoms with van der Waals surface area (Å²) >= 11 is 16.3. The van der Waals surface area contributed by atoms with Gasteiger partial charge in [0.15, 0.2) is 11.5 Å². The van der Waals surface area contributed by atoms with Crippen LogP contribution in [0.1, 0.15) is 29.7 Å². The van der Waals surface area contributed by atoms with Crippen LogP contribution >= 0.6 is 39.1 Å². The summed E-state index contributed by atoms with van der Waals surface area (Å²) in [4.78, 5) is 18.0. The summed E-state index contributed by atoms with van der Waals surface area (Å²) in [6.07, 6.45) is 1.45. The summed E-state index contributed by atoms with van der Waals surface area (Å²) in [6.45, 7) is 3.95. The van der Waals surface area contributed by atoms with E-state index in [2.05, 4.69) is 36.6 Å². The second kappa shape index (κ2) is 11.3. The normalized spacial score (nSPS) is 14.5. The van der Waals surface area contributed by atoms with E-state index in [0.717, 1.165) is 11.1 Å². The van der Waals surface area contributed by atoms with Crippen molar-refractivity contribution in [2.24, 2.45) is 0 Å². The van der Waals surface area contributed by atoms with Crippen LogP contribution < -0.4 is 20.1 Å². The van der Waals surface area contributed by atoms with E-state index in [1.165, 1.54) is 6.33 Å². The highest BCUT2D eigenvalue weighted by Crippen LogP contribution is 2.43. The van der Waals surface area contributed by atoms with E-state index in [1.807, 2.05) is 50.2 Å². The number of hydrogen-bond acceptors (Lipinski definition) is 6. The van der Waals surface area contributed by atoms with E-state index in [4.69, 9.17) is 32.7 Å². The molecule has 0 saturated carbocycles. The van der Waals surface area contributed by atoms with Crippen LogP contribution in [-0.4, -0.2) is 27.8 Å². The third kappa shape index (κ3) is 5.48. The second-order valence-electron chi connectivity index (χ2n) is 8.94. The monoisotopic (exact) mass is 627 g/mol. The standard InChI is InChI=1S/C28H24BrCl2N5O3/c1-15-6-4-7-18(10-15)35-27(37)24-16(2)34-28-32-14-33-36(28)25(24)17-11-20(29)26(23(12-17)38-3)39-13-19-21(30)8-5-9-22(19)31/h4-12,14,25H,13H2,1-3H3,(H,35,37)(H,32,33,34). The highest BCUT2D eigenvalue weighted by Gasteiger charge is 2.34. The smallest absolute Gasteiger partial charge is 0.255 e. The topological polar surface area (TPSA) is 90.3 Å². The van der Waals surface area contributed by atoms with Crippen LogP contribution in [0.5, 0.6) is 11.5 Å². The van der Waals surface area contributed by atoms with E-state index in [-0.39, 0.29) is 12.5 Å². The van der Waals surface area contributed by atoms with Crippen LogP contribution in [0.25, 0.3) is 0 Å². The molecule has 200 valence electrons. The van der Waals surface area contributed by atoms with Gasteiger partial charge in [0.25, 0.3) is 5.91 Å². The van der Waals surface area contributed by atoms with E-state index >= 15 is 0 Å². The van der Waals surface area contributed by atoms with Gasteiger partial charge in [-0.2, -0.15) is 10.1 Å². The van der Waals surface area contributed by atoms with Crippen molar-refractivity contribution >= 4 is 56.7 Å². The van der Waals surface area contributed by atoms with E-state index in [0.29, 0.717) is 54.5 Å². The van der Waals surface area contributed by atoms with Crippen molar-refractivity contribution in [2.75, 3.05) is 17.7 Å². The van der Waals surface area contributed by atoms with Gasteiger partial charge in [-0.25, -0.2) is 4.68 Å². The van der Waals surface area contributed by atoms with Crippen molar-refractivity contribution in [2.45, 2.75) is 26.5 Å². The quantitative estimate of drug-likeness (QED) is 0.225. The highest BCUT2D eigenvalue weighted by atomic mass is 79.9. The molecule has 0 radical (unpaired) electrons. The average Bonchev–Trinajstić information content (AvgIpc) is 3.36. The van der Waals surface area contributed by atoms with E-state index in [9.17, 15) is 4.79 Å². The van der Waals surface area contributed by atoms with Crippen LogP contribution in [-0.2, 0) is 11.4 Å². The molecule has 11 heteroatoms. The first kappa shape index (κ1) is 27.1. The fourth-order valence-electron chi connectivity index (χ4n) is 4.47. The number of fused-ring (bicyclic) bond motifs is 1. The first-order chi connectivity index (χ1) is 18.8. The summed E-state index contributed by atoms with van der Waals surface area (Å²) in [5.74, 6) is 1.18. The minimum atomic E-state index is -0.592. The van der Waals surface area contributed by atoms with Crippen molar-refractivity contribution in [3.8, 4) is 11.5 Å². The van der Waals surface area contributed by atoms with Crippen LogP contribution in [0, 0.1) is 6.92 Å². The van der Waals surface area contributed by atoms with Gasteiger partial charge in [-0.3, -0.25) is 4.79 Å². The molecule has 0 saturated heterocycles. The number of carbonyl (C=O) groups excluding carboxylic acids is 1. The number of carbonyl (C=O) groups is 1. The number of nitrogens with zero attached hydrogens (tertiary/aromatic N) is 3. The zero-order valence-electron chi connectivity index (χ0n) is 21.3. The minimum Gasteiger partial charge on any atom is -0.493 e. The Balaban J connectivity index is 1.52. The number of nitrogens with one attached hydrogen (secondary N) is 2. The molecule has 2 heterocycles. The van der Waals surface area contributed by atoms with Gasteiger partial charge < -0.3 is 20.1 Å². The number of anilines is 2. The lowest BCUT2D eigenvalue weighted by Gasteiger charge is -2.29. The Bertz CT molecular complexity index is 1580. The fraction of sp³-hybridized carbons (Fsp3) is 0.179. The van der Waals surface area contributed by atoms with Gasteiger partial charge in [0, 0.05) is 27.0 Å². The van der Waals surface area contributed by atoms with Crippen molar-refractivity contribution in [3.05, 3.63) is 103 Å². The first-order valence-electron chi connectivity index (χ1n) is 11.9. The minimum absolute atomic E-state index is 0.135. The van der Waals surface area contributed by atoms with Gasteiger partial charge in [-0.05, 0) is 77.3 Å². The largest absolute Gasteiger partial charge is 0.493 e. The zero-order chi connectivity index (χ0) is 27.7. The Morgan fingerprint density at radius 1 is 1.13 bits per heavy atom. The molecular weight excluding hydrogens is 605 g/mol. The summed E-state index contributed by atoms with van der Waals surface area (Å²) in [5, 5.41) is 11.6. The molecule has 1 unspecified atom stereocenters. The molecular formula is C28H24BrCl2N5O3. The van der Waals surface area contributed by atoms with Crippen LogP contribution in [0.15, 0.2) is 76.7 Å². The maximum Gasteiger partial charge on any atom is 0.255 e. The fourth-order valence-corrected chi connectivity index (χ4v) is 5.55. The Morgan fingerprint density at radius 2 is 1.87 bits per heavy atom. The molecule has 1 aromatic heterocycles. The molecule has 5 rings (SSSR count). The summed E-state index contributed by atoms with van der Waals surface area (Å²) < 4.78 is 14.1. The van der Waals surface area contributed by atoms with Gasteiger partial charge in [0.1, 0.15) is 19.0 Å². The van der Waals surface area contributed by atoms with Crippen LogP contribution in [0.2, 0.25) is 10.0 Å². The molecule has 39 heavy (non-hydrogen) atoms. The molecule has 8 nitrogen and oxygen atoms in total. The summed E-state index contributed by atoms with van der Waals surface area (Å²) in [6, 6.07) is 16.0. The van der Waals surface area contributed by atoms with Crippen molar-refractivity contribution in [3.63, 3.8) is 0 Å². The van der Waals surface area contributed by atoms with E-state index < -0.39 is 6.04 Å². The van der Waals surface area contributed by atoms with Gasteiger partial charge in [-0.1, -0.05) is 41.4 Å². The maximum absolute atomic E-state index is 13.7.